The molecule has 12 nitrogen and oxygen atoms in total. The Hall–Kier alpha value is -3.65. The van der Waals surface area contributed by atoms with Crippen molar-refractivity contribution in [1.29, 1.82) is 0 Å². The van der Waals surface area contributed by atoms with E-state index in [2.05, 4.69) is 52.0 Å². The zero-order valence-corrected chi connectivity index (χ0v) is 25.6. The Morgan fingerprint density at radius 1 is 1.15 bits per heavy atom. The number of amides is 3. The number of hydrogen-bond acceptors (Lipinski definition) is 9. The number of alkyl carbamates (subject to hydrolysis) is 1. The van der Waals surface area contributed by atoms with Crippen molar-refractivity contribution in [1.82, 2.24) is 25.8 Å². The number of anilines is 2. The van der Waals surface area contributed by atoms with Gasteiger partial charge in [0.1, 0.15) is 23.0 Å². The lowest BCUT2D eigenvalue weighted by Crippen LogP contribution is -2.36. The fourth-order valence-electron chi connectivity index (χ4n) is 4.29. The Labute approximate surface area is 250 Å². The van der Waals surface area contributed by atoms with Gasteiger partial charge in [-0.25, -0.2) is 14.6 Å². The highest BCUT2D eigenvalue weighted by atomic mass is 79.9. The first-order chi connectivity index (χ1) is 19.6. The largest absolute Gasteiger partial charge is 0.445 e. The summed E-state index contributed by atoms with van der Waals surface area (Å²) in [6, 6.07) is 9.56. The van der Waals surface area contributed by atoms with Gasteiger partial charge in [-0.2, -0.15) is 5.10 Å². The molecule has 0 spiro atoms. The number of halogens is 1. The molecule has 0 radical (unpaired) electrons. The molecule has 4 rings (SSSR count). The molecule has 41 heavy (non-hydrogen) atoms. The van der Waals surface area contributed by atoms with Crippen molar-refractivity contribution < 1.29 is 23.9 Å². The number of carbonyl (C=O) groups is 3. The summed E-state index contributed by atoms with van der Waals surface area (Å²) >= 11 is 4.40. The number of aromatic amines is 1. The van der Waals surface area contributed by atoms with E-state index in [4.69, 9.17) is 9.47 Å². The van der Waals surface area contributed by atoms with Crippen LogP contribution in [0.4, 0.5) is 20.4 Å². The molecule has 220 valence electrons. The average Bonchev–Trinajstić information content (AvgIpc) is 3.46. The second kappa shape index (κ2) is 13.8. The molecule has 0 bridgehead atoms. The summed E-state index contributed by atoms with van der Waals surface area (Å²) in [5, 5.41) is 16.0. The normalized spacial score (nSPS) is 15.5. The van der Waals surface area contributed by atoms with E-state index in [-0.39, 0.29) is 29.9 Å². The standard InChI is InChI=1S/C27H34BrN7O5S/c1-27(2,3)40-26(38)33-23-20(32-24(28)41-23)22(36)29-14-18-15-30-34-21(18)35-12-7-10-19(11-13-35)31-25(37)39-16-17-8-5-4-6-9-17/h4-6,8-9,15,19H,7,10-14,16H2,1-3H3,(H,29,36)(H,30,34)(H,31,37)(H,33,38)/t19-/m1/s1. The van der Waals surface area contributed by atoms with Crippen LogP contribution in [0.2, 0.25) is 0 Å². The highest BCUT2D eigenvalue weighted by Gasteiger charge is 2.25. The summed E-state index contributed by atoms with van der Waals surface area (Å²) < 4.78 is 11.1. The number of rotatable bonds is 8. The van der Waals surface area contributed by atoms with Gasteiger partial charge >= 0.3 is 12.2 Å². The van der Waals surface area contributed by atoms with Gasteiger partial charge in [0.15, 0.2) is 9.61 Å². The van der Waals surface area contributed by atoms with Gasteiger partial charge in [-0.3, -0.25) is 15.2 Å². The molecule has 2 aromatic heterocycles. The topological polar surface area (TPSA) is 151 Å². The third-order valence-electron chi connectivity index (χ3n) is 6.14. The average molecular weight is 649 g/mol. The van der Waals surface area contributed by atoms with Crippen molar-refractivity contribution in [3.63, 3.8) is 0 Å². The molecule has 1 atom stereocenters. The first kappa shape index (κ1) is 30.3. The number of thiazole rings is 1. The summed E-state index contributed by atoms with van der Waals surface area (Å²) in [5.41, 5.74) is 1.15. The van der Waals surface area contributed by atoms with Crippen molar-refractivity contribution in [3.8, 4) is 0 Å². The third-order valence-corrected chi connectivity index (χ3v) is 7.57. The number of carbonyl (C=O) groups excluding carboxylic acids is 3. The van der Waals surface area contributed by atoms with Crippen LogP contribution in [0.5, 0.6) is 0 Å². The molecule has 0 aliphatic carbocycles. The Kier molecular flexibility index (Phi) is 10.2. The molecular weight excluding hydrogens is 614 g/mol. The Morgan fingerprint density at radius 2 is 1.93 bits per heavy atom. The fraction of sp³-hybridized carbons (Fsp3) is 0.444. The van der Waals surface area contributed by atoms with Crippen LogP contribution in [0.1, 0.15) is 61.6 Å². The summed E-state index contributed by atoms with van der Waals surface area (Å²) in [4.78, 5) is 43.9. The second-order valence-electron chi connectivity index (χ2n) is 10.5. The zero-order chi connectivity index (χ0) is 29.4. The van der Waals surface area contributed by atoms with Crippen molar-refractivity contribution >= 4 is 56.2 Å². The number of hydrogen-bond donors (Lipinski definition) is 4. The van der Waals surface area contributed by atoms with Gasteiger partial charge in [0, 0.05) is 31.2 Å². The van der Waals surface area contributed by atoms with E-state index >= 15 is 0 Å². The molecule has 4 N–H and O–H groups in total. The highest BCUT2D eigenvalue weighted by molar-refractivity contribution is 9.11. The summed E-state index contributed by atoms with van der Waals surface area (Å²) in [5.74, 6) is 0.364. The van der Waals surface area contributed by atoms with Gasteiger partial charge in [0.05, 0.1) is 6.20 Å². The monoisotopic (exact) mass is 647 g/mol. The van der Waals surface area contributed by atoms with Gasteiger partial charge in [0.2, 0.25) is 0 Å². The molecule has 3 amide bonds. The van der Waals surface area contributed by atoms with Crippen LogP contribution >= 0.6 is 27.3 Å². The van der Waals surface area contributed by atoms with E-state index in [0.29, 0.717) is 10.5 Å². The number of aromatic nitrogens is 3. The SMILES string of the molecule is CC(C)(C)OC(=O)Nc1sc(Br)nc1C(=O)NCc1cn[nH]c1N1CCC[C@@H](NC(=O)OCc2ccccc2)CC1. The number of H-pyrrole nitrogens is 1. The maximum atomic E-state index is 13.0. The van der Waals surface area contributed by atoms with Crippen LogP contribution in [0, 0.1) is 0 Å². The van der Waals surface area contributed by atoms with Crippen LogP contribution in [-0.4, -0.2) is 58.0 Å². The highest BCUT2D eigenvalue weighted by Crippen LogP contribution is 2.29. The van der Waals surface area contributed by atoms with Gasteiger partial charge < -0.3 is 25.0 Å². The van der Waals surface area contributed by atoms with E-state index in [1.54, 1.807) is 27.0 Å². The van der Waals surface area contributed by atoms with Gasteiger partial charge in [-0.05, 0) is 61.5 Å². The Bertz CT molecular complexity index is 1340. The summed E-state index contributed by atoms with van der Waals surface area (Å²) in [7, 11) is 0. The molecule has 0 saturated carbocycles. The fourth-order valence-corrected chi connectivity index (χ4v) is 5.63. The molecule has 14 heteroatoms. The molecule has 1 aliphatic heterocycles. The van der Waals surface area contributed by atoms with E-state index in [1.807, 2.05) is 30.3 Å². The number of ether oxygens (including phenoxy) is 2. The van der Waals surface area contributed by atoms with E-state index in [1.165, 1.54) is 0 Å². The first-order valence-corrected chi connectivity index (χ1v) is 14.9. The quantitative estimate of drug-likeness (QED) is 0.261. The van der Waals surface area contributed by atoms with Crippen molar-refractivity contribution in [2.75, 3.05) is 23.3 Å². The maximum absolute atomic E-state index is 13.0. The van der Waals surface area contributed by atoms with Crippen LogP contribution in [0.3, 0.4) is 0 Å². The lowest BCUT2D eigenvalue weighted by molar-refractivity contribution is 0.0636. The Balaban J connectivity index is 1.29. The van der Waals surface area contributed by atoms with Gasteiger partial charge in [-0.1, -0.05) is 41.7 Å². The number of nitrogens with zero attached hydrogens (tertiary/aromatic N) is 3. The van der Waals surface area contributed by atoms with Crippen LogP contribution in [0.25, 0.3) is 0 Å². The number of benzene rings is 1. The molecule has 3 aromatic rings. The van der Waals surface area contributed by atoms with Gasteiger partial charge in [0.25, 0.3) is 5.91 Å². The lowest BCUT2D eigenvalue weighted by Gasteiger charge is -2.22. The van der Waals surface area contributed by atoms with E-state index in [0.717, 1.165) is 54.1 Å². The third kappa shape index (κ3) is 9.18. The minimum Gasteiger partial charge on any atom is -0.445 e. The van der Waals surface area contributed by atoms with Crippen molar-refractivity contribution in [2.45, 2.75) is 64.8 Å². The molecule has 0 unspecified atom stereocenters. The van der Waals surface area contributed by atoms with E-state index < -0.39 is 23.7 Å². The maximum Gasteiger partial charge on any atom is 0.412 e. The lowest BCUT2D eigenvalue weighted by atomic mass is 10.1. The molecule has 1 fully saturated rings. The minimum atomic E-state index is -0.679. The predicted octanol–water partition coefficient (Wildman–Crippen LogP) is 5.19. The van der Waals surface area contributed by atoms with E-state index in [9.17, 15) is 14.4 Å². The number of nitrogens with one attached hydrogen (secondary N) is 4. The van der Waals surface area contributed by atoms with Crippen LogP contribution in [0.15, 0.2) is 40.4 Å². The van der Waals surface area contributed by atoms with Crippen LogP contribution < -0.4 is 20.9 Å². The second-order valence-corrected chi connectivity index (χ2v) is 12.8. The van der Waals surface area contributed by atoms with Crippen molar-refractivity contribution in [3.05, 3.63) is 57.3 Å². The summed E-state index contributed by atoms with van der Waals surface area (Å²) in [6.07, 6.45) is 3.00. The van der Waals surface area contributed by atoms with Gasteiger partial charge in [-0.15, -0.1) is 0 Å². The molecule has 1 aliphatic rings. The zero-order valence-electron chi connectivity index (χ0n) is 23.2. The molecule has 3 heterocycles. The smallest absolute Gasteiger partial charge is 0.412 e. The Morgan fingerprint density at radius 3 is 2.68 bits per heavy atom. The minimum absolute atomic E-state index is 0.00615. The summed E-state index contributed by atoms with van der Waals surface area (Å²) in [6.45, 7) is 7.16. The van der Waals surface area contributed by atoms with Crippen LogP contribution in [-0.2, 0) is 22.6 Å². The molecule has 1 saturated heterocycles. The predicted molar refractivity (Wildman–Crippen MR) is 159 cm³/mol. The molecular formula is C27H34BrN7O5S. The first-order valence-electron chi connectivity index (χ1n) is 13.3. The molecule has 1 aromatic carbocycles. The van der Waals surface area contributed by atoms with Crippen molar-refractivity contribution in [2.24, 2.45) is 0 Å².